The lowest BCUT2D eigenvalue weighted by atomic mass is 9.83. The van der Waals surface area contributed by atoms with E-state index < -0.39 is 0 Å². The first-order valence-corrected chi connectivity index (χ1v) is 6.18. The van der Waals surface area contributed by atoms with Gasteiger partial charge in [0.15, 0.2) is 0 Å². The van der Waals surface area contributed by atoms with E-state index in [0.29, 0.717) is 0 Å². The zero-order chi connectivity index (χ0) is 10.5. The summed E-state index contributed by atoms with van der Waals surface area (Å²) >= 11 is 6.06. The van der Waals surface area contributed by atoms with Gasteiger partial charge in [-0.25, -0.2) is 0 Å². The van der Waals surface area contributed by atoms with Crippen LogP contribution < -0.4 is 5.32 Å². The maximum absolute atomic E-state index is 6.06. The second-order valence-corrected chi connectivity index (χ2v) is 4.76. The molecule has 1 N–H and O–H groups in total. The van der Waals surface area contributed by atoms with E-state index in [-0.39, 0.29) is 0 Å². The second-order valence-electron chi connectivity index (χ2n) is 4.35. The molecule has 0 radical (unpaired) electrons. The van der Waals surface area contributed by atoms with Gasteiger partial charge in [-0.1, -0.05) is 49.1 Å². The quantitative estimate of drug-likeness (QED) is 0.752. The van der Waals surface area contributed by atoms with Gasteiger partial charge in [0.1, 0.15) is 0 Å². The van der Waals surface area contributed by atoms with Gasteiger partial charge in [-0.15, -0.1) is 0 Å². The predicted octanol–water partition coefficient (Wildman–Crippen LogP) is 3.62. The maximum Gasteiger partial charge on any atom is 0.0450 e. The van der Waals surface area contributed by atoms with Crippen LogP contribution in [-0.2, 0) is 6.54 Å². The van der Waals surface area contributed by atoms with E-state index in [2.05, 4.69) is 11.4 Å². The van der Waals surface area contributed by atoms with E-state index in [1.165, 1.54) is 31.2 Å². The van der Waals surface area contributed by atoms with Crippen LogP contribution in [0.1, 0.15) is 31.2 Å². The van der Waals surface area contributed by atoms with Crippen LogP contribution in [0.4, 0.5) is 0 Å². The average molecular weight is 224 g/mol. The topological polar surface area (TPSA) is 12.0 Å². The molecule has 1 aromatic rings. The van der Waals surface area contributed by atoms with Crippen LogP contribution >= 0.6 is 11.6 Å². The number of halogens is 1. The Bertz CT molecular complexity index is 307. The molecule has 0 unspecified atom stereocenters. The Morgan fingerprint density at radius 1 is 1.27 bits per heavy atom. The Hall–Kier alpha value is -0.530. The SMILES string of the molecule is Clc1ccccc1CNCCC1CCC1. The molecule has 1 fully saturated rings. The smallest absolute Gasteiger partial charge is 0.0450 e. The molecule has 82 valence electrons. The summed E-state index contributed by atoms with van der Waals surface area (Å²) in [7, 11) is 0. The van der Waals surface area contributed by atoms with Crippen LogP contribution in [0.25, 0.3) is 0 Å². The molecule has 0 saturated heterocycles. The molecule has 1 aliphatic carbocycles. The highest BCUT2D eigenvalue weighted by Crippen LogP contribution is 2.28. The van der Waals surface area contributed by atoms with Crippen molar-refractivity contribution in [2.75, 3.05) is 6.54 Å². The Morgan fingerprint density at radius 2 is 2.07 bits per heavy atom. The number of nitrogens with one attached hydrogen (secondary N) is 1. The van der Waals surface area contributed by atoms with E-state index in [4.69, 9.17) is 11.6 Å². The molecule has 0 aromatic heterocycles. The minimum Gasteiger partial charge on any atom is -0.313 e. The fraction of sp³-hybridized carbons (Fsp3) is 0.538. The Morgan fingerprint density at radius 3 is 2.73 bits per heavy atom. The Labute approximate surface area is 96.8 Å². The van der Waals surface area contributed by atoms with Gasteiger partial charge in [0, 0.05) is 11.6 Å². The predicted molar refractivity (Wildman–Crippen MR) is 65.1 cm³/mol. The van der Waals surface area contributed by atoms with E-state index in [0.717, 1.165) is 24.0 Å². The molecule has 0 heterocycles. The van der Waals surface area contributed by atoms with E-state index >= 15 is 0 Å². The molecule has 2 rings (SSSR count). The summed E-state index contributed by atoms with van der Waals surface area (Å²) in [4.78, 5) is 0. The van der Waals surface area contributed by atoms with Gasteiger partial charge >= 0.3 is 0 Å². The van der Waals surface area contributed by atoms with Crippen molar-refractivity contribution in [3.8, 4) is 0 Å². The van der Waals surface area contributed by atoms with Crippen molar-refractivity contribution in [2.24, 2.45) is 5.92 Å². The number of hydrogen-bond acceptors (Lipinski definition) is 1. The lowest BCUT2D eigenvalue weighted by Gasteiger charge is -2.25. The van der Waals surface area contributed by atoms with Crippen LogP contribution in [-0.4, -0.2) is 6.54 Å². The van der Waals surface area contributed by atoms with Gasteiger partial charge in [0.2, 0.25) is 0 Å². The summed E-state index contributed by atoms with van der Waals surface area (Å²) in [6, 6.07) is 8.04. The molecule has 1 aliphatic rings. The third-order valence-corrected chi connectivity index (χ3v) is 3.60. The van der Waals surface area contributed by atoms with Crippen molar-refractivity contribution in [3.63, 3.8) is 0 Å². The lowest BCUT2D eigenvalue weighted by molar-refractivity contribution is 0.292. The highest BCUT2D eigenvalue weighted by molar-refractivity contribution is 6.31. The van der Waals surface area contributed by atoms with Gasteiger partial charge in [-0.05, 0) is 30.5 Å². The first-order chi connectivity index (χ1) is 7.36. The van der Waals surface area contributed by atoms with Crippen molar-refractivity contribution in [1.82, 2.24) is 5.32 Å². The summed E-state index contributed by atoms with van der Waals surface area (Å²) in [6.07, 6.45) is 5.64. The Kier molecular flexibility index (Phi) is 4.04. The zero-order valence-corrected chi connectivity index (χ0v) is 9.76. The highest BCUT2D eigenvalue weighted by atomic mass is 35.5. The van der Waals surface area contributed by atoms with Crippen molar-refractivity contribution in [2.45, 2.75) is 32.2 Å². The molecule has 15 heavy (non-hydrogen) atoms. The standard InChI is InChI=1S/C13H18ClN/c14-13-7-2-1-6-12(13)10-15-9-8-11-4-3-5-11/h1-2,6-7,11,15H,3-5,8-10H2. The van der Waals surface area contributed by atoms with E-state index in [1.807, 2.05) is 18.2 Å². The minimum absolute atomic E-state index is 0.869. The molecule has 1 saturated carbocycles. The van der Waals surface area contributed by atoms with Crippen molar-refractivity contribution in [3.05, 3.63) is 34.9 Å². The highest BCUT2D eigenvalue weighted by Gasteiger charge is 2.16. The first-order valence-electron chi connectivity index (χ1n) is 5.80. The molecule has 0 spiro atoms. The van der Waals surface area contributed by atoms with E-state index in [1.54, 1.807) is 0 Å². The van der Waals surface area contributed by atoms with Crippen molar-refractivity contribution < 1.29 is 0 Å². The summed E-state index contributed by atoms with van der Waals surface area (Å²) in [5.74, 6) is 0.990. The molecular weight excluding hydrogens is 206 g/mol. The monoisotopic (exact) mass is 223 g/mol. The first kappa shape index (κ1) is 11.0. The molecular formula is C13H18ClN. The maximum atomic E-state index is 6.06. The van der Waals surface area contributed by atoms with Crippen molar-refractivity contribution >= 4 is 11.6 Å². The molecule has 0 atom stereocenters. The zero-order valence-electron chi connectivity index (χ0n) is 9.01. The van der Waals surface area contributed by atoms with Crippen LogP contribution in [0.15, 0.2) is 24.3 Å². The fourth-order valence-electron chi connectivity index (χ4n) is 1.95. The van der Waals surface area contributed by atoms with E-state index in [9.17, 15) is 0 Å². The molecule has 1 nitrogen and oxygen atoms in total. The van der Waals surface area contributed by atoms with Crippen LogP contribution in [0.5, 0.6) is 0 Å². The molecule has 0 amide bonds. The molecule has 0 aliphatic heterocycles. The molecule has 0 bridgehead atoms. The second kappa shape index (κ2) is 5.53. The van der Waals surface area contributed by atoms with Gasteiger partial charge in [0.05, 0.1) is 0 Å². The van der Waals surface area contributed by atoms with Crippen molar-refractivity contribution in [1.29, 1.82) is 0 Å². The number of rotatable bonds is 5. The molecule has 2 heteroatoms. The summed E-state index contributed by atoms with van der Waals surface area (Å²) < 4.78 is 0. The third kappa shape index (κ3) is 3.22. The summed E-state index contributed by atoms with van der Waals surface area (Å²) in [5, 5.41) is 4.33. The largest absolute Gasteiger partial charge is 0.313 e. The minimum atomic E-state index is 0.869. The number of benzene rings is 1. The Balaban J connectivity index is 1.66. The fourth-order valence-corrected chi connectivity index (χ4v) is 2.16. The van der Waals surface area contributed by atoms with Gasteiger partial charge in [-0.3, -0.25) is 0 Å². The summed E-state index contributed by atoms with van der Waals surface area (Å²) in [5.41, 5.74) is 1.20. The normalized spacial score (nSPS) is 16.3. The van der Waals surface area contributed by atoms with Gasteiger partial charge in [0.25, 0.3) is 0 Å². The van der Waals surface area contributed by atoms with Crippen LogP contribution in [0.2, 0.25) is 5.02 Å². The molecule has 1 aromatic carbocycles. The van der Waals surface area contributed by atoms with Gasteiger partial charge < -0.3 is 5.32 Å². The van der Waals surface area contributed by atoms with Crippen LogP contribution in [0.3, 0.4) is 0 Å². The lowest BCUT2D eigenvalue weighted by Crippen LogP contribution is -2.21. The number of hydrogen-bond donors (Lipinski definition) is 1. The average Bonchev–Trinajstić information content (AvgIpc) is 2.17. The van der Waals surface area contributed by atoms with Crippen LogP contribution in [0, 0.1) is 5.92 Å². The third-order valence-electron chi connectivity index (χ3n) is 3.23. The van der Waals surface area contributed by atoms with Gasteiger partial charge in [-0.2, -0.15) is 0 Å². The summed E-state index contributed by atoms with van der Waals surface area (Å²) in [6.45, 7) is 2.02.